The summed E-state index contributed by atoms with van der Waals surface area (Å²) in [5, 5.41) is 0. The van der Waals surface area contributed by atoms with Gasteiger partial charge in [-0.1, -0.05) is 44.2 Å². The van der Waals surface area contributed by atoms with E-state index in [9.17, 15) is 9.59 Å². The average molecular weight is 262 g/mol. The van der Waals surface area contributed by atoms with E-state index in [0.717, 1.165) is 5.56 Å². The Morgan fingerprint density at radius 2 is 1.79 bits per heavy atom. The smallest absolute Gasteiger partial charge is 0.231 e. The molecule has 0 saturated carbocycles. The Morgan fingerprint density at radius 1 is 1.16 bits per heavy atom. The summed E-state index contributed by atoms with van der Waals surface area (Å²) in [5.41, 5.74) is 6.20. The molecule has 0 radical (unpaired) electrons. The Hall–Kier alpha value is -1.68. The minimum absolute atomic E-state index is 0.105. The van der Waals surface area contributed by atoms with Crippen LogP contribution in [0.3, 0.4) is 0 Å². The topological polar surface area (TPSA) is 63.4 Å². The molecule has 0 aliphatic carbocycles. The first-order chi connectivity index (χ1) is 8.97. The van der Waals surface area contributed by atoms with Crippen LogP contribution in [-0.4, -0.2) is 36.2 Å². The molecule has 0 saturated heterocycles. The van der Waals surface area contributed by atoms with Crippen LogP contribution in [0.2, 0.25) is 0 Å². The molecule has 2 N–H and O–H groups in total. The molecule has 0 heterocycles. The first kappa shape index (κ1) is 15.4. The van der Waals surface area contributed by atoms with Crippen LogP contribution in [0.4, 0.5) is 0 Å². The average Bonchev–Trinajstić information content (AvgIpc) is 2.27. The van der Waals surface area contributed by atoms with Gasteiger partial charge in [-0.3, -0.25) is 14.5 Å². The van der Waals surface area contributed by atoms with Crippen LogP contribution in [-0.2, 0) is 16.0 Å². The molecule has 1 rings (SSSR count). The van der Waals surface area contributed by atoms with Crippen molar-refractivity contribution >= 4 is 11.7 Å². The monoisotopic (exact) mass is 262 g/mol. The van der Waals surface area contributed by atoms with E-state index in [1.807, 2.05) is 35.2 Å². The molecule has 0 aliphatic heterocycles. The maximum Gasteiger partial charge on any atom is 0.231 e. The molecule has 1 amide bonds. The second-order valence-electron chi connectivity index (χ2n) is 5.23. The fourth-order valence-corrected chi connectivity index (χ4v) is 2.05. The highest BCUT2D eigenvalue weighted by molar-refractivity contribution is 5.83. The molecule has 0 aliphatic rings. The van der Waals surface area contributed by atoms with Gasteiger partial charge in [-0.05, 0) is 11.5 Å². The number of nitrogens with zero attached hydrogens (tertiary/aromatic N) is 1. The number of rotatable bonds is 8. The van der Waals surface area contributed by atoms with Crippen LogP contribution in [0.1, 0.15) is 19.4 Å². The van der Waals surface area contributed by atoms with E-state index >= 15 is 0 Å². The molecule has 4 heteroatoms. The highest BCUT2D eigenvalue weighted by Gasteiger charge is 2.14. The Bertz CT molecular complexity index is 415. The minimum atomic E-state index is -0.395. The molecule has 1 aromatic carbocycles. The lowest BCUT2D eigenvalue weighted by Crippen LogP contribution is -2.39. The van der Waals surface area contributed by atoms with Crippen LogP contribution < -0.4 is 5.73 Å². The van der Waals surface area contributed by atoms with Gasteiger partial charge >= 0.3 is 0 Å². The van der Waals surface area contributed by atoms with Gasteiger partial charge in [-0.15, -0.1) is 0 Å². The van der Waals surface area contributed by atoms with Gasteiger partial charge in [0.25, 0.3) is 0 Å². The number of carbonyl (C=O) groups excluding carboxylic acids is 2. The molecule has 104 valence electrons. The van der Waals surface area contributed by atoms with Gasteiger partial charge in [0.05, 0.1) is 13.1 Å². The Kier molecular flexibility index (Phi) is 6.22. The number of hydrogen-bond acceptors (Lipinski definition) is 3. The van der Waals surface area contributed by atoms with E-state index in [0.29, 0.717) is 18.9 Å². The highest BCUT2D eigenvalue weighted by atomic mass is 16.1. The largest absolute Gasteiger partial charge is 0.369 e. The van der Waals surface area contributed by atoms with Crippen molar-refractivity contribution in [2.24, 2.45) is 11.7 Å². The van der Waals surface area contributed by atoms with Crippen LogP contribution in [0, 0.1) is 5.92 Å². The standard InChI is InChI=1S/C15H22N2O2/c1-12(2)9-17(11-15(16)19)10-14(18)8-13-6-4-3-5-7-13/h3-7,12H,8-11H2,1-2H3,(H2,16,19). The van der Waals surface area contributed by atoms with E-state index in [1.54, 1.807) is 0 Å². The van der Waals surface area contributed by atoms with E-state index < -0.39 is 5.91 Å². The van der Waals surface area contributed by atoms with E-state index in [4.69, 9.17) is 5.73 Å². The lowest BCUT2D eigenvalue weighted by atomic mass is 10.1. The first-order valence-corrected chi connectivity index (χ1v) is 6.53. The van der Waals surface area contributed by atoms with Crippen molar-refractivity contribution in [3.05, 3.63) is 35.9 Å². The summed E-state index contributed by atoms with van der Waals surface area (Å²) < 4.78 is 0. The van der Waals surface area contributed by atoms with Gasteiger partial charge in [-0.2, -0.15) is 0 Å². The molecule has 0 fully saturated rings. The maximum atomic E-state index is 12.0. The number of carbonyl (C=O) groups is 2. The van der Waals surface area contributed by atoms with Gasteiger partial charge in [-0.25, -0.2) is 0 Å². The first-order valence-electron chi connectivity index (χ1n) is 6.53. The zero-order valence-electron chi connectivity index (χ0n) is 11.6. The van der Waals surface area contributed by atoms with Crippen LogP contribution >= 0.6 is 0 Å². The van der Waals surface area contributed by atoms with E-state index in [-0.39, 0.29) is 18.9 Å². The zero-order valence-corrected chi connectivity index (χ0v) is 11.6. The number of hydrogen-bond donors (Lipinski definition) is 1. The van der Waals surface area contributed by atoms with E-state index in [2.05, 4.69) is 13.8 Å². The lowest BCUT2D eigenvalue weighted by molar-refractivity contribution is -0.122. The normalized spacial score (nSPS) is 10.9. The molecule has 0 bridgehead atoms. The van der Waals surface area contributed by atoms with Gasteiger partial charge in [0.2, 0.25) is 5.91 Å². The van der Waals surface area contributed by atoms with Crippen molar-refractivity contribution in [2.75, 3.05) is 19.6 Å². The summed E-state index contributed by atoms with van der Waals surface area (Å²) >= 11 is 0. The SMILES string of the molecule is CC(C)CN(CC(N)=O)CC(=O)Cc1ccccc1. The molecule has 19 heavy (non-hydrogen) atoms. The lowest BCUT2D eigenvalue weighted by Gasteiger charge is -2.21. The van der Waals surface area contributed by atoms with E-state index in [1.165, 1.54) is 0 Å². The van der Waals surface area contributed by atoms with Crippen molar-refractivity contribution < 1.29 is 9.59 Å². The summed E-state index contributed by atoms with van der Waals surface area (Å²) in [6, 6.07) is 9.61. The highest BCUT2D eigenvalue weighted by Crippen LogP contribution is 2.03. The Labute approximate surface area is 114 Å². The second kappa shape index (κ2) is 7.69. The van der Waals surface area contributed by atoms with Crippen molar-refractivity contribution in [2.45, 2.75) is 20.3 Å². The number of Topliss-reactive ketones (excluding diaryl/α,β-unsaturated/α-hetero) is 1. The van der Waals surface area contributed by atoms with Crippen LogP contribution in [0.5, 0.6) is 0 Å². The summed E-state index contributed by atoms with van der Waals surface area (Å²) in [6.07, 6.45) is 0.397. The maximum absolute atomic E-state index is 12.0. The summed E-state index contributed by atoms with van der Waals surface area (Å²) in [5.74, 6) is 0.102. The quantitative estimate of drug-likeness (QED) is 0.766. The summed E-state index contributed by atoms with van der Waals surface area (Å²) in [7, 11) is 0. The number of ketones is 1. The van der Waals surface area contributed by atoms with Crippen molar-refractivity contribution in [1.82, 2.24) is 4.90 Å². The Morgan fingerprint density at radius 3 is 2.32 bits per heavy atom. The third kappa shape index (κ3) is 6.72. The van der Waals surface area contributed by atoms with Gasteiger partial charge < -0.3 is 5.73 Å². The van der Waals surface area contributed by atoms with Gasteiger partial charge in [0.15, 0.2) is 5.78 Å². The minimum Gasteiger partial charge on any atom is -0.369 e. The molecule has 4 nitrogen and oxygen atoms in total. The summed E-state index contributed by atoms with van der Waals surface area (Å²) in [6.45, 7) is 5.21. The molecule has 0 atom stereocenters. The van der Waals surface area contributed by atoms with Gasteiger partial charge in [0, 0.05) is 13.0 Å². The number of primary amides is 1. The molecular weight excluding hydrogens is 240 g/mol. The third-order valence-electron chi connectivity index (χ3n) is 2.65. The summed E-state index contributed by atoms with van der Waals surface area (Å²) in [4.78, 5) is 24.8. The predicted octanol–water partition coefficient (Wildman–Crippen LogP) is 1.24. The van der Waals surface area contributed by atoms with Crippen LogP contribution in [0.25, 0.3) is 0 Å². The number of nitrogens with two attached hydrogens (primary N) is 1. The predicted molar refractivity (Wildman–Crippen MR) is 75.6 cm³/mol. The fraction of sp³-hybridized carbons (Fsp3) is 0.467. The number of amides is 1. The van der Waals surface area contributed by atoms with Crippen molar-refractivity contribution in [3.63, 3.8) is 0 Å². The van der Waals surface area contributed by atoms with Crippen molar-refractivity contribution in [1.29, 1.82) is 0 Å². The molecular formula is C15H22N2O2. The number of benzene rings is 1. The van der Waals surface area contributed by atoms with Gasteiger partial charge in [0.1, 0.15) is 0 Å². The van der Waals surface area contributed by atoms with Crippen molar-refractivity contribution in [3.8, 4) is 0 Å². The van der Waals surface area contributed by atoms with Crippen LogP contribution in [0.15, 0.2) is 30.3 Å². The molecule has 0 aromatic heterocycles. The molecule has 0 unspecified atom stereocenters. The Balaban J connectivity index is 2.53. The fourth-order valence-electron chi connectivity index (χ4n) is 2.05. The molecule has 1 aromatic rings. The third-order valence-corrected chi connectivity index (χ3v) is 2.65. The molecule has 0 spiro atoms. The second-order valence-corrected chi connectivity index (χ2v) is 5.23. The zero-order chi connectivity index (χ0) is 14.3.